The summed E-state index contributed by atoms with van der Waals surface area (Å²) in [5.41, 5.74) is -0.950. The summed E-state index contributed by atoms with van der Waals surface area (Å²) in [5, 5.41) is 8.14. The van der Waals surface area contributed by atoms with Crippen LogP contribution in [0, 0.1) is 6.92 Å². The van der Waals surface area contributed by atoms with Crippen LogP contribution in [-0.2, 0) is 25.3 Å². The molecule has 2 N–H and O–H groups in total. The second kappa shape index (κ2) is 9.02. The van der Waals surface area contributed by atoms with Gasteiger partial charge in [0.15, 0.2) is 12.4 Å². The van der Waals surface area contributed by atoms with E-state index in [1.165, 1.54) is 12.1 Å². The third-order valence-corrected chi connectivity index (χ3v) is 3.29. The Balaban J connectivity index is 1.72. The SMILES string of the molecule is Cc1cc(NC(=O)COC(=O)CCC(=O)Nc2cccc(C(F)(F)F)c2)no1. The number of ether oxygens (including phenoxy) is 1. The number of aromatic nitrogens is 1. The first kappa shape index (κ1) is 20.9. The highest BCUT2D eigenvalue weighted by atomic mass is 19.4. The molecule has 150 valence electrons. The molecule has 28 heavy (non-hydrogen) atoms. The van der Waals surface area contributed by atoms with E-state index in [9.17, 15) is 27.6 Å². The lowest BCUT2D eigenvalue weighted by Gasteiger charge is -2.10. The lowest BCUT2D eigenvalue weighted by Crippen LogP contribution is -2.22. The van der Waals surface area contributed by atoms with Crippen molar-refractivity contribution in [3.05, 3.63) is 41.7 Å². The molecule has 1 aromatic heterocycles. The van der Waals surface area contributed by atoms with Crippen LogP contribution in [-0.4, -0.2) is 29.5 Å². The van der Waals surface area contributed by atoms with Gasteiger partial charge in [-0.3, -0.25) is 14.4 Å². The number of hydrogen-bond donors (Lipinski definition) is 2. The van der Waals surface area contributed by atoms with Crippen LogP contribution in [0.25, 0.3) is 0 Å². The molecule has 0 spiro atoms. The van der Waals surface area contributed by atoms with E-state index in [2.05, 4.69) is 15.8 Å². The van der Waals surface area contributed by atoms with Gasteiger partial charge >= 0.3 is 12.1 Å². The van der Waals surface area contributed by atoms with Crippen LogP contribution in [0.2, 0.25) is 0 Å². The molecule has 1 aromatic carbocycles. The van der Waals surface area contributed by atoms with Crippen molar-refractivity contribution in [3.8, 4) is 0 Å². The maximum atomic E-state index is 12.6. The molecule has 11 heteroatoms. The van der Waals surface area contributed by atoms with Gasteiger partial charge in [0.25, 0.3) is 5.91 Å². The number of amides is 2. The maximum Gasteiger partial charge on any atom is 0.416 e. The molecule has 0 saturated carbocycles. The molecule has 2 rings (SSSR count). The number of carbonyl (C=O) groups is 3. The molecule has 0 fully saturated rings. The molecular formula is C17H16F3N3O5. The zero-order chi connectivity index (χ0) is 20.7. The van der Waals surface area contributed by atoms with Crippen LogP contribution in [0.4, 0.5) is 24.7 Å². The molecule has 0 unspecified atom stereocenters. The normalized spacial score (nSPS) is 11.0. The fourth-order valence-electron chi connectivity index (χ4n) is 2.03. The number of anilines is 2. The molecule has 2 amide bonds. The van der Waals surface area contributed by atoms with E-state index in [1.807, 2.05) is 0 Å². The third kappa shape index (κ3) is 6.74. The maximum absolute atomic E-state index is 12.6. The van der Waals surface area contributed by atoms with E-state index in [4.69, 9.17) is 9.26 Å². The second-order valence-electron chi connectivity index (χ2n) is 5.66. The molecule has 0 aliphatic heterocycles. The number of rotatable bonds is 7. The Labute approximate surface area is 157 Å². The first-order valence-corrected chi connectivity index (χ1v) is 7.99. The minimum atomic E-state index is -4.53. The topological polar surface area (TPSA) is 111 Å². The number of carbonyl (C=O) groups excluding carboxylic acids is 3. The summed E-state index contributed by atoms with van der Waals surface area (Å²) in [6, 6.07) is 5.57. The Morgan fingerprint density at radius 3 is 2.50 bits per heavy atom. The number of alkyl halides is 3. The predicted molar refractivity (Wildman–Crippen MR) is 90.1 cm³/mol. The fraction of sp³-hybridized carbons (Fsp3) is 0.294. The van der Waals surface area contributed by atoms with Crippen LogP contribution in [0.15, 0.2) is 34.9 Å². The van der Waals surface area contributed by atoms with Crippen molar-refractivity contribution >= 4 is 29.3 Å². The monoisotopic (exact) mass is 399 g/mol. The van der Waals surface area contributed by atoms with Crippen molar-refractivity contribution in [3.63, 3.8) is 0 Å². The van der Waals surface area contributed by atoms with Crippen molar-refractivity contribution < 1.29 is 36.8 Å². The van der Waals surface area contributed by atoms with E-state index < -0.39 is 36.1 Å². The predicted octanol–water partition coefficient (Wildman–Crippen LogP) is 2.90. The van der Waals surface area contributed by atoms with E-state index >= 15 is 0 Å². The average molecular weight is 399 g/mol. The second-order valence-corrected chi connectivity index (χ2v) is 5.66. The molecule has 1 heterocycles. The van der Waals surface area contributed by atoms with Gasteiger partial charge in [0.05, 0.1) is 12.0 Å². The average Bonchev–Trinajstić information content (AvgIpc) is 3.02. The smallest absolute Gasteiger partial charge is 0.416 e. The van der Waals surface area contributed by atoms with Crippen LogP contribution in [0.5, 0.6) is 0 Å². The van der Waals surface area contributed by atoms with Crippen molar-refractivity contribution in [2.75, 3.05) is 17.2 Å². The molecule has 2 aromatic rings. The van der Waals surface area contributed by atoms with Crippen molar-refractivity contribution in [1.82, 2.24) is 5.16 Å². The van der Waals surface area contributed by atoms with Crippen molar-refractivity contribution in [1.29, 1.82) is 0 Å². The summed E-state index contributed by atoms with van der Waals surface area (Å²) in [4.78, 5) is 34.9. The van der Waals surface area contributed by atoms with E-state index in [1.54, 1.807) is 6.92 Å². The number of hydrogen-bond acceptors (Lipinski definition) is 6. The van der Waals surface area contributed by atoms with Crippen molar-refractivity contribution in [2.45, 2.75) is 25.9 Å². The first-order valence-electron chi connectivity index (χ1n) is 7.99. The number of nitrogens with one attached hydrogen (secondary N) is 2. The summed E-state index contributed by atoms with van der Waals surface area (Å²) in [6.07, 6.45) is -5.20. The fourth-order valence-corrected chi connectivity index (χ4v) is 2.03. The largest absolute Gasteiger partial charge is 0.456 e. The van der Waals surface area contributed by atoms with E-state index in [0.717, 1.165) is 18.2 Å². The molecule has 0 saturated heterocycles. The molecule has 0 aliphatic rings. The summed E-state index contributed by atoms with van der Waals surface area (Å²) < 4.78 is 47.4. The van der Waals surface area contributed by atoms with Crippen molar-refractivity contribution in [2.24, 2.45) is 0 Å². The lowest BCUT2D eigenvalue weighted by molar-refractivity contribution is -0.147. The van der Waals surface area contributed by atoms with Gasteiger partial charge in [0, 0.05) is 18.2 Å². The van der Waals surface area contributed by atoms with Crippen LogP contribution in [0.3, 0.4) is 0 Å². The van der Waals surface area contributed by atoms with Gasteiger partial charge in [0.2, 0.25) is 5.91 Å². The Morgan fingerprint density at radius 1 is 1.11 bits per heavy atom. The van der Waals surface area contributed by atoms with Gasteiger partial charge in [-0.15, -0.1) is 0 Å². The highest BCUT2D eigenvalue weighted by molar-refractivity contribution is 5.94. The van der Waals surface area contributed by atoms with E-state index in [-0.39, 0.29) is 24.3 Å². The quantitative estimate of drug-likeness (QED) is 0.693. The van der Waals surface area contributed by atoms with Crippen LogP contribution in [0.1, 0.15) is 24.2 Å². The molecule has 0 radical (unpaired) electrons. The van der Waals surface area contributed by atoms with Gasteiger partial charge in [-0.25, -0.2) is 0 Å². The van der Waals surface area contributed by atoms with Gasteiger partial charge in [-0.05, 0) is 25.1 Å². The number of aryl methyl sites for hydroxylation is 1. The highest BCUT2D eigenvalue weighted by Gasteiger charge is 2.30. The molecular weight excluding hydrogens is 383 g/mol. The first-order chi connectivity index (χ1) is 13.1. The minimum absolute atomic E-state index is 0.0459. The summed E-state index contributed by atoms with van der Waals surface area (Å²) in [5.74, 6) is -1.47. The number of esters is 1. The number of nitrogens with zero attached hydrogens (tertiary/aromatic N) is 1. The number of halogens is 3. The Kier molecular flexibility index (Phi) is 6.74. The third-order valence-electron chi connectivity index (χ3n) is 3.29. The Morgan fingerprint density at radius 2 is 1.86 bits per heavy atom. The Hall–Kier alpha value is -3.37. The standard InChI is InChI=1S/C17H16F3N3O5/c1-10-7-13(23-28-10)22-15(25)9-27-16(26)6-5-14(24)21-12-4-2-3-11(8-12)17(18,19)20/h2-4,7-8H,5-6,9H2,1H3,(H,21,24)(H,22,23,25). The summed E-state index contributed by atoms with van der Waals surface area (Å²) >= 11 is 0. The molecule has 0 aliphatic carbocycles. The summed E-state index contributed by atoms with van der Waals surface area (Å²) in [6.45, 7) is 1.05. The molecule has 8 nitrogen and oxygen atoms in total. The zero-order valence-corrected chi connectivity index (χ0v) is 14.6. The Bertz CT molecular complexity index is 864. The molecule has 0 bridgehead atoms. The minimum Gasteiger partial charge on any atom is -0.456 e. The van der Waals surface area contributed by atoms with Gasteiger partial charge < -0.3 is 19.9 Å². The highest BCUT2D eigenvalue weighted by Crippen LogP contribution is 2.30. The molecule has 0 atom stereocenters. The van der Waals surface area contributed by atoms with Gasteiger partial charge in [0.1, 0.15) is 5.76 Å². The van der Waals surface area contributed by atoms with Gasteiger partial charge in [-0.1, -0.05) is 11.2 Å². The van der Waals surface area contributed by atoms with Crippen LogP contribution < -0.4 is 10.6 Å². The zero-order valence-electron chi connectivity index (χ0n) is 14.6. The van der Waals surface area contributed by atoms with Crippen LogP contribution >= 0.6 is 0 Å². The summed E-state index contributed by atoms with van der Waals surface area (Å²) in [7, 11) is 0. The number of benzene rings is 1. The van der Waals surface area contributed by atoms with Gasteiger partial charge in [-0.2, -0.15) is 13.2 Å². The lowest BCUT2D eigenvalue weighted by atomic mass is 10.2. The van der Waals surface area contributed by atoms with E-state index in [0.29, 0.717) is 5.76 Å².